The van der Waals surface area contributed by atoms with Crippen LogP contribution in [0.15, 0.2) is 18.2 Å². The van der Waals surface area contributed by atoms with Crippen LogP contribution >= 0.6 is 23.2 Å². The number of nitrogens with one attached hydrogen (secondary N) is 1. The van der Waals surface area contributed by atoms with Gasteiger partial charge in [-0.1, -0.05) is 37.0 Å². The van der Waals surface area contributed by atoms with E-state index >= 15 is 0 Å². The maximum Gasteiger partial charge on any atom is 0.303 e. The van der Waals surface area contributed by atoms with Gasteiger partial charge in [-0.05, 0) is 43.4 Å². The summed E-state index contributed by atoms with van der Waals surface area (Å²) in [5.74, 6) is -1.46. The van der Waals surface area contributed by atoms with Crippen molar-refractivity contribution in [3.05, 3.63) is 33.8 Å². The molecule has 0 radical (unpaired) electrons. The van der Waals surface area contributed by atoms with Crippen LogP contribution in [0.25, 0.3) is 0 Å². The SMILES string of the molecule is COCCCN(CCC(C)C)C(=O)C(CCC(=O)O)NC(=O)c1ccc(Cl)c(Cl)c1. The van der Waals surface area contributed by atoms with Gasteiger partial charge in [0, 0.05) is 38.8 Å². The van der Waals surface area contributed by atoms with Gasteiger partial charge in [-0.25, -0.2) is 0 Å². The summed E-state index contributed by atoms with van der Waals surface area (Å²) in [6.07, 6.45) is 1.19. The lowest BCUT2D eigenvalue weighted by atomic mass is 10.1. The van der Waals surface area contributed by atoms with E-state index in [1.54, 1.807) is 12.0 Å². The Morgan fingerprint density at radius 1 is 1.13 bits per heavy atom. The molecule has 0 aromatic heterocycles. The highest BCUT2D eigenvalue weighted by molar-refractivity contribution is 6.42. The number of carbonyl (C=O) groups is 3. The molecule has 2 amide bonds. The Bertz CT molecular complexity index is 727. The third-order valence-corrected chi connectivity index (χ3v) is 5.24. The smallest absolute Gasteiger partial charge is 0.303 e. The van der Waals surface area contributed by atoms with Gasteiger partial charge in [-0.15, -0.1) is 0 Å². The Morgan fingerprint density at radius 2 is 1.83 bits per heavy atom. The van der Waals surface area contributed by atoms with Crippen molar-refractivity contribution in [3.63, 3.8) is 0 Å². The van der Waals surface area contributed by atoms with Crippen molar-refractivity contribution in [1.82, 2.24) is 10.2 Å². The van der Waals surface area contributed by atoms with Crippen molar-refractivity contribution in [2.45, 2.75) is 45.6 Å². The lowest BCUT2D eigenvalue weighted by Crippen LogP contribution is -2.49. The Morgan fingerprint density at radius 3 is 2.40 bits per heavy atom. The van der Waals surface area contributed by atoms with Crippen molar-refractivity contribution in [1.29, 1.82) is 0 Å². The number of ether oxygens (including phenoxy) is 1. The fourth-order valence-electron chi connectivity index (χ4n) is 2.77. The number of carbonyl (C=O) groups excluding carboxylic acids is 2. The minimum Gasteiger partial charge on any atom is -0.481 e. The summed E-state index contributed by atoms with van der Waals surface area (Å²) in [5.41, 5.74) is 0.241. The highest BCUT2D eigenvalue weighted by atomic mass is 35.5. The number of rotatable bonds is 13. The second-order valence-electron chi connectivity index (χ2n) is 7.44. The number of amides is 2. The molecule has 0 saturated carbocycles. The van der Waals surface area contributed by atoms with Gasteiger partial charge in [-0.2, -0.15) is 0 Å². The van der Waals surface area contributed by atoms with E-state index in [2.05, 4.69) is 19.2 Å². The molecule has 2 N–H and O–H groups in total. The first-order valence-electron chi connectivity index (χ1n) is 9.91. The molecule has 0 bridgehead atoms. The van der Waals surface area contributed by atoms with Crippen LogP contribution in [0.1, 0.15) is 49.9 Å². The highest BCUT2D eigenvalue weighted by Gasteiger charge is 2.27. The van der Waals surface area contributed by atoms with Crippen LogP contribution in [-0.4, -0.2) is 60.6 Å². The van der Waals surface area contributed by atoms with Gasteiger partial charge in [0.15, 0.2) is 0 Å². The van der Waals surface area contributed by atoms with Crippen LogP contribution in [0.4, 0.5) is 0 Å². The number of carboxylic acid groups (broad SMARTS) is 1. The Balaban J connectivity index is 2.99. The number of benzene rings is 1. The summed E-state index contributed by atoms with van der Waals surface area (Å²) < 4.78 is 5.07. The first-order valence-corrected chi connectivity index (χ1v) is 10.7. The fourth-order valence-corrected chi connectivity index (χ4v) is 3.07. The van der Waals surface area contributed by atoms with E-state index in [4.69, 9.17) is 33.0 Å². The van der Waals surface area contributed by atoms with E-state index in [0.29, 0.717) is 37.1 Å². The van der Waals surface area contributed by atoms with Crippen LogP contribution in [-0.2, 0) is 14.3 Å². The molecule has 1 atom stereocenters. The Kier molecular flexibility index (Phi) is 11.8. The van der Waals surface area contributed by atoms with E-state index in [1.165, 1.54) is 18.2 Å². The van der Waals surface area contributed by atoms with Crippen LogP contribution < -0.4 is 5.32 Å². The second kappa shape index (κ2) is 13.5. The van der Waals surface area contributed by atoms with E-state index in [1.807, 2.05) is 0 Å². The summed E-state index contributed by atoms with van der Waals surface area (Å²) in [4.78, 5) is 38.6. The second-order valence-corrected chi connectivity index (χ2v) is 8.26. The molecule has 0 aliphatic carbocycles. The van der Waals surface area contributed by atoms with Crippen LogP contribution in [0.5, 0.6) is 0 Å². The van der Waals surface area contributed by atoms with Crippen molar-refractivity contribution < 1.29 is 24.2 Å². The molecule has 0 saturated heterocycles. The third-order valence-electron chi connectivity index (χ3n) is 4.50. The first kappa shape index (κ1) is 26.2. The van der Waals surface area contributed by atoms with Gasteiger partial charge < -0.3 is 20.1 Å². The predicted octanol–water partition coefficient (Wildman–Crippen LogP) is 3.87. The standard InChI is InChI=1S/C21H30Cl2N2O5/c1-14(2)9-11-25(10-4-12-30-3)21(29)18(7-8-19(26)27)24-20(28)15-5-6-16(22)17(23)13-15/h5-6,13-14,18H,4,7-12H2,1-3H3,(H,24,28)(H,26,27). The van der Waals surface area contributed by atoms with Crippen molar-refractivity contribution in [3.8, 4) is 0 Å². The van der Waals surface area contributed by atoms with Gasteiger partial charge in [0.1, 0.15) is 6.04 Å². The van der Waals surface area contributed by atoms with Crippen molar-refractivity contribution >= 4 is 41.0 Å². The zero-order valence-electron chi connectivity index (χ0n) is 17.6. The van der Waals surface area contributed by atoms with E-state index in [9.17, 15) is 14.4 Å². The number of hydrogen-bond donors (Lipinski definition) is 2. The fraction of sp³-hybridized carbons (Fsp3) is 0.571. The summed E-state index contributed by atoms with van der Waals surface area (Å²) in [6.45, 7) is 5.61. The van der Waals surface area contributed by atoms with E-state index < -0.39 is 17.9 Å². The lowest BCUT2D eigenvalue weighted by Gasteiger charge is -2.28. The number of carboxylic acids is 1. The molecule has 0 heterocycles. The van der Waals surface area contributed by atoms with Crippen LogP contribution in [0.3, 0.4) is 0 Å². The predicted molar refractivity (Wildman–Crippen MR) is 117 cm³/mol. The van der Waals surface area contributed by atoms with Gasteiger partial charge in [-0.3, -0.25) is 14.4 Å². The maximum atomic E-state index is 13.2. The number of halogens is 2. The molecule has 0 spiro atoms. The third kappa shape index (κ3) is 9.32. The molecule has 1 unspecified atom stereocenters. The van der Waals surface area contributed by atoms with Crippen molar-refractivity contribution in [2.24, 2.45) is 5.92 Å². The summed E-state index contributed by atoms with van der Waals surface area (Å²) >= 11 is 11.9. The topological polar surface area (TPSA) is 95.9 Å². The number of methoxy groups -OCH3 is 1. The average Bonchev–Trinajstić information content (AvgIpc) is 2.68. The molecule has 0 aliphatic heterocycles. The van der Waals surface area contributed by atoms with Gasteiger partial charge in [0.2, 0.25) is 5.91 Å². The number of nitrogens with zero attached hydrogens (tertiary/aromatic N) is 1. The molecular weight excluding hydrogens is 431 g/mol. The molecule has 7 nitrogen and oxygen atoms in total. The van der Waals surface area contributed by atoms with Gasteiger partial charge in [0.25, 0.3) is 5.91 Å². The molecule has 0 fully saturated rings. The molecule has 1 aromatic rings. The first-order chi connectivity index (χ1) is 14.1. The molecule has 9 heteroatoms. The Labute approximate surface area is 187 Å². The Hall–Kier alpha value is -1.83. The molecule has 168 valence electrons. The molecule has 1 rings (SSSR count). The van der Waals surface area contributed by atoms with Crippen LogP contribution in [0.2, 0.25) is 10.0 Å². The number of aliphatic carboxylic acids is 1. The quantitative estimate of drug-likeness (QED) is 0.435. The molecular formula is C21H30Cl2N2O5. The largest absolute Gasteiger partial charge is 0.481 e. The van der Waals surface area contributed by atoms with Gasteiger partial charge in [0.05, 0.1) is 10.0 Å². The van der Waals surface area contributed by atoms with E-state index in [-0.39, 0.29) is 29.3 Å². The van der Waals surface area contributed by atoms with Crippen molar-refractivity contribution in [2.75, 3.05) is 26.8 Å². The summed E-state index contributed by atoms with van der Waals surface area (Å²) in [6, 6.07) is 3.44. The average molecular weight is 461 g/mol. The molecule has 30 heavy (non-hydrogen) atoms. The summed E-state index contributed by atoms with van der Waals surface area (Å²) in [7, 11) is 1.59. The van der Waals surface area contributed by atoms with E-state index in [0.717, 1.165) is 6.42 Å². The number of hydrogen-bond acceptors (Lipinski definition) is 4. The van der Waals surface area contributed by atoms with Gasteiger partial charge >= 0.3 is 5.97 Å². The zero-order chi connectivity index (χ0) is 22.7. The van der Waals surface area contributed by atoms with Crippen LogP contribution in [0, 0.1) is 5.92 Å². The lowest BCUT2D eigenvalue weighted by molar-refractivity contribution is -0.138. The molecule has 0 aliphatic rings. The molecule has 1 aromatic carbocycles. The monoisotopic (exact) mass is 460 g/mol. The minimum absolute atomic E-state index is 0.0102. The summed E-state index contributed by atoms with van der Waals surface area (Å²) in [5, 5.41) is 12.3. The highest BCUT2D eigenvalue weighted by Crippen LogP contribution is 2.22. The normalized spacial score (nSPS) is 11.9. The zero-order valence-corrected chi connectivity index (χ0v) is 19.1. The minimum atomic E-state index is -1.04. The maximum absolute atomic E-state index is 13.2.